The van der Waals surface area contributed by atoms with Crippen LogP contribution in [-0.4, -0.2) is 52.6 Å². The van der Waals surface area contributed by atoms with Gasteiger partial charge in [-0.15, -0.1) is 0 Å². The second kappa shape index (κ2) is 12.5. The first-order chi connectivity index (χ1) is 22.7. The zero-order chi connectivity index (χ0) is 34.8. The molecule has 3 saturated carbocycles. The number of carbonyl (C=O) groups is 3. The number of carbonyl (C=O) groups excluding carboxylic acids is 3. The number of hydrazone groups is 1. The van der Waals surface area contributed by atoms with Gasteiger partial charge in [0.15, 0.2) is 0 Å². The average molecular weight is 657 g/mol. The largest absolute Gasteiger partial charge is 0.506 e. The molecule has 3 fully saturated rings. The van der Waals surface area contributed by atoms with Crippen LogP contribution in [0.1, 0.15) is 125 Å². The fourth-order valence-electron chi connectivity index (χ4n) is 9.25. The first kappa shape index (κ1) is 34.4. The molecule has 2 N–H and O–H groups in total. The predicted octanol–water partition coefficient (Wildman–Crippen LogP) is 8.44. The van der Waals surface area contributed by atoms with Gasteiger partial charge in [-0.25, -0.2) is 5.01 Å². The standard InChI is InChI=1S/C40H56N4O4/c1-9-38(4,5)37(48)41-29-23-26(43(10-2)11-3)17-18-27(29)31-34(45)33(35(31)46)32-28(19-16-24-14-12-13-15-24)42-44(36(32)47)30-22-25-20-21-40(30,8)39(25,6)7/h17-18,23-25,30,45H,9-16,19-22H2,1-8H3,(H,41,48)/b33-32-. The van der Waals surface area contributed by atoms with Crippen molar-refractivity contribution in [2.45, 2.75) is 126 Å². The maximum absolute atomic E-state index is 14.4. The highest BCUT2D eigenvalue weighted by Crippen LogP contribution is 2.67. The quantitative estimate of drug-likeness (QED) is 0.233. The minimum absolute atomic E-state index is 0.0320. The van der Waals surface area contributed by atoms with Gasteiger partial charge in [0.25, 0.3) is 5.91 Å². The van der Waals surface area contributed by atoms with Crippen LogP contribution >= 0.6 is 0 Å². The van der Waals surface area contributed by atoms with Gasteiger partial charge in [0, 0.05) is 29.8 Å². The lowest BCUT2D eigenvalue weighted by Gasteiger charge is -2.41. The summed E-state index contributed by atoms with van der Waals surface area (Å²) in [7, 11) is 0. The molecule has 8 heteroatoms. The van der Waals surface area contributed by atoms with Crippen molar-refractivity contribution < 1.29 is 19.5 Å². The van der Waals surface area contributed by atoms with Crippen molar-refractivity contribution in [1.82, 2.24) is 5.01 Å². The van der Waals surface area contributed by atoms with Gasteiger partial charge >= 0.3 is 0 Å². The van der Waals surface area contributed by atoms with Crippen molar-refractivity contribution in [2.24, 2.45) is 33.2 Å². The van der Waals surface area contributed by atoms with Crippen molar-refractivity contribution in [1.29, 1.82) is 0 Å². The van der Waals surface area contributed by atoms with E-state index in [2.05, 4.69) is 44.8 Å². The number of fused-ring (bicyclic) bond motifs is 2. The summed E-state index contributed by atoms with van der Waals surface area (Å²) in [5.41, 5.74) is 2.42. The monoisotopic (exact) mass is 656 g/mol. The smallest absolute Gasteiger partial charge is 0.277 e. The minimum atomic E-state index is -0.620. The average Bonchev–Trinajstić information content (AvgIpc) is 3.78. The molecule has 4 aliphatic carbocycles. The third-order valence-electron chi connectivity index (χ3n) is 13.6. The Bertz CT molecular complexity index is 1610. The first-order valence-electron chi connectivity index (χ1n) is 18.5. The number of hydrogen-bond donors (Lipinski definition) is 2. The van der Waals surface area contributed by atoms with E-state index in [4.69, 9.17) is 5.10 Å². The van der Waals surface area contributed by atoms with E-state index in [9.17, 15) is 19.5 Å². The molecule has 260 valence electrons. The minimum Gasteiger partial charge on any atom is -0.506 e. The number of hydrogen-bond acceptors (Lipinski definition) is 6. The summed E-state index contributed by atoms with van der Waals surface area (Å²) in [5.74, 6) is 0.172. The molecule has 1 aromatic carbocycles. The van der Waals surface area contributed by atoms with Crippen molar-refractivity contribution in [3.8, 4) is 0 Å². The van der Waals surface area contributed by atoms with Gasteiger partial charge in [0.1, 0.15) is 5.76 Å². The van der Waals surface area contributed by atoms with Gasteiger partial charge < -0.3 is 15.3 Å². The van der Waals surface area contributed by atoms with Crippen LogP contribution in [0, 0.1) is 28.1 Å². The molecule has 3 unspecified atom stereocenters. The third-order valence-corrected chi connectivity index (χ3v) is 13.6. The third kappa shape index (κ3) is 5.32. The molecular weight excluding hydrogens is 600 g/mol. The molecule has 0 aromatic heterocycles. The van der Waals surface area contributed by atoms with Gasteiger partial charge in [0.05, 0.1) is 34.2 Å². The Morgan fingerprint density at radius 3 is 2.29 bits per heavy atom. The Morgan fingerprint density at radius 1 is 1.04 bits per heavy atom. The second-order valence-corrected chi connectivity index (χ2v) is 16.4. The fraction of sp³-hybridized carbons (Fsp3) is 0.650. The highest BCUT2D eigenvalue weighted by atomic mass is 16.3. The summed E-state index contributed by atoms with van der Waals surface area (Å²) in [6.07, 6.45) is 10.2. The number of aliphatic hydroxyl groups is 1. The van der Waals surface area contributed by atoms with Crippen LogP contribution < -0.4 is 10.2 Å². The molecule has 0 spiro atoms. The molecule has 8 nitrogen and oxygen atoms in total. The van der Waals surface area contributed by atoms with Crippen molar-refractivity contribution in [3.05, 3.63) is 40.7 Å². The Hall–Kier alpha value is -3.42. The summed E-state index contributed by atoms with van der Waals surface area (Å²) >= 11 is 0. The van der Waals surface area contributed by atoms with E-state index in [-0.39, 0.29) is 56.9 Å². The maximum atomic E-state index is 14.4. The maximum Gasteiger partial charge on any atom is 0.277 e. The number of nitrogens with zero attached hydrogens (tertiary/aromatic N) is 3. The second-order valence-electron chi connectivity index (χ2n) is 16.4. The number of Topliss-reactive ketones (excluding diaryl/α,β-unsaturated/α-hetero) is 1. The Kier molecular flexibility index (Phi) is 8.95. The number of rotatable bonds is 11. The van der Waals surface area contributed by atoms with E-state index < -0.39 is 5.41 Å². The number of aliphatic hydroxyl groups excluding tert-OH is 1. The SMILES string of the molecule is CCN(CC)c1ccc(C2=C(O)/C(=C3/C(=O)N(C4CC5CCC4(C)C5(C)C)N=C3CCC3CCCC3)C2=O)c(NC(=O)C(C)(C)CC)c1. The van der Waals surface area contributed by atoms with Gasteiger partial charge in [0.2, 0.25) is 11.7 Å². The van der Waals surface area contributed by atoms with Crippen molar-refractivity contribution in [3.63, 3.8) is 0 Å². The van der Waals surface area contributed by atoms with Gasteiger partial charge in [-0.2, -0.15) is 5.10 Å². The Balaban J connectivity index is 1.41. The molecule has 6 rings (SSSR count). The molecule has 48 heavy (non-hydrogen) atoms. The van der Waals surface area contributed by atoms with E-state index in [1.807, 2.05) is 39.0 Å². The lowest BCUT2D eigenvalue weighted by Crippen LogP contribution is -2.46. The molecular formula is C40H56N4O4. The van der Waals surface area contributed by atoms with Crippen LogP contribution in [0.25, 0.3) is 5.57 Å². The summed E-state index contributed by atoms with van der Waals surface area (Å²) < 4.78 is 0. The van der Waals surface area contributed by atoms with E-state index in [0.717, 1.165) is 38.0 Å². The van der Waals surface area contributed by atoms with Crippen LogP contribution in [0.5, 0.6) is 0 Å². The summed E-state index contributed by atoms with van der Waals surface area (Å²) in [5, 5.41) is 21.6. The van der Waals surface area contributed by atoms with Gasteiger partial charge in [-0.05, 0) is 93.2 Å². The predicted molar refractivity (Wildman–Crippen MR) is 193 cm³/mol. The van der Waals surface area contributed by atoms with E-state index in [0.29, 0.717) is 41.6 Å². The van der Waals surface area contributed by atoms with Crippen LogP contribution in [-0.2, 0) is 14.4 Å². The normalized spacial score (nSPS) is 28.4. The van der Waals surface area contributed by atoms with E-state index in [1.165, 1.54) is 32.1 Å². The highest BCUT2D eigenvalue weighted by Gasteiger charge is 2.64. The van der Waals surface area contributed by atoms with Crippen LogP contribution in [0.3, 0.4) is 0 Å². The first-order valence-corrected chi connectivity index (χ1v) is 18.5. The molecule has 0 saturated heterocycles. The summed E-state index contributed by atoms with van der Waals surface area (Å²) in [4.78, 5) is 44.2. The summed E-state index contributed by atoms with van der Waals surface area (Å²) in [6, 6.07) is 5.59. The van der Waals surface area contributed by atoms with Crippen molar-refractivity contribution >= 4 is 40.3 Å². The van der Waals surface area contributed by atoms with E-state index >= 15 is 0 Å². The van der Waals surface area contributed by atoms with Crippen LogP contribution in [0.15, 0.2) is 40.2 Å². The number of amides is 2. The van der Waals surface area contributed by atoms with Crippen molar-refractivity contribution in [2.75, 3.05) is 23.3 Å². The van der Waals surface area contributed by atoms with Gasteiger partial charge in [-0.3, -0.25) is 14.4 Å². The topological polar surface area (TPSA) is 102 Å². The number of nitrogens with one attached hydrogen (secondary N) is 1. The number of benzene rings is 1. The highest BCUT2D eigenvalue weighted by molar-refractivity contribution is 6.44. The molecule has 2 amide bonds. The Morgan fingerprint density at radius 2 is 1.73 bits per heavy atom. The zero-order valence-corrected chi connectivity index (χ0v) is 30.5. The van der Waals surface area contributed by atoms with E-state index in [1.54, 1.807) is 5.01 Å². The van der Waals surface area contributed by atoms with Gasteiger partial charge in [-0.1, -0.05) is 67.2 Å². The number of anilines is 2. The molecule has 5 aliphatic rings. The fourth-order valence-corrected chi connectivity index (χ4v) is 9.25. The molecule has 1 aliphatic heterocycles. The zero-order valence-electron chi connectivity index (χ0n) is 30.5. The summed E-state index contributed by atoms with van der Waals surface area (Å²) in [6.45, 7) is 18.4. The molecule has 1 aromatic rings. The number of allylic oxidation sites excluding steroid dienone is 2. The van der Waals surface area contributed by atoms with Crippen LogP contribution in [0.4, 0.5) is 11.4 Å². The van der Waals surface area contributed by atoms with Crippen LogP contribution in [0.2, 0.25) is 0 Å². The molecule has 1 heterocycles. The lowest BCUT2D eigenvalue weighted by atomic mass is 9.69. The lowest BCUT2D eigenvalue weighted by molar-refractivity contribution is -0.131. The number of ketones is 1. The Labute approximate surface area is 287 Å². The molecule has 2 bridgehead atoms. The molecule has 3 atom stereocenters. The molecule has 0 radical (unpaired) electrons.